The second-order valence-electron chi connectivity index (χ2n) is 9.92. The van der Waals surface area contributed by atoms with Crippen molar-refractivity contribution in [3.63, 3.8) is 0 Å². The lowest BCUT2D eigenvalue weighted by atomic mass is 9.92. The highest BCUT2D eigenvalue weighted by atomic mass is 35.5. The van der Waals surface area contributed by atoms with Crippen LogP contribution in [0, 0.1) is 12.8 Å². The molecule has 1 unspecified atom stereocenters. The highest BCUT2D eigenvalue weighted by Gasteiger charge is 2.28. The van der Waals surface area contributed by atoms with Gasteiger partial charge >= 0.3 is 7.82 Å². The Morgan fingerprint density at radius 1 is 1.15 bits per heavy atom. The first kappa shape index (κ1) is 30.9. The average Bonchev–Trinajstić information content (AvgIpc) is 3.16. The smallest absolute Gasteiger partial charge is 0.469 e. The molecule has 0 saturated heterocycles. The van der Waals surface area contributed by atoms with Gasteiger partial charge in [0.25, 0.3) is 5.91 Å². The fraction of sp³-hybridized carbons (Fsp3) is 0.414. The Balaban J connectivity index is 2.24. The van der Waals surface area contributed by atoms with Gasteiger partial charge < -0.3 is 24.8 Å². The summed E-state index contributed by atoms with van der Waals surface area (Å²) in [5.41, 5.74) is 11.6. The van der Waals surface area contributed by atoms with Crippen molar-refractivity contribution >= 4 is 25.3 Å². The predicted octanol–water partition coefficient (Wildman–Crippen LogP) is 6.29. The van der Waals surface area contributed by atoms with Crippen molar-refractivity contribution in [3.8, 4) is 16.9 Å². The van der Waals surface area contributed by atoms with E-state index in [0.717, 1.165) is 52.2 Å². The summed E-state index contributed by atoms with van der Waals surface area (Å²) in [6, 6.07) is 13.4. The maximum absolute atomic E-state index is 13.1. The number of ether oxygens (including phenoxy) is 1. The maximum atomic E-state index is 13.1. The van der Waals surface area contributed by atoms with Gasteiger partial charge in [-0.1, -0.05) is 62.6 Å². The highest BCUT2D eigenvalue weighted by Crippen LogP contribution is 2.39. The number of aryl methyl sites for hydroxylation is 1. The predicted molar refractivity (Wildman–Crippen MR) is 154 cm³/mol. The average molecular weight is 577 g/mol. The van der Waals surface area contributed by atoms with E-state index >= 15 is 0 Å². The zero-order valence-electron chi connectivity index (χ0n) is 22.9. The summed E-state index contributed by atoms with van der Waals surface area (Å²) in [7, 11) is -2.99. The van der Waals surface area contributed by atoms with Gasteiger partial charge in [0.05, 0.1) is 19.3 Å². The molecule has 0 radical (unpaired) electrons. The van der Waals surface area contributed by atoms with Crippen LogP contribution in [0.25, 0.3) is 11.1 Å². The quantitative estimate of drug-likeness (QED) is 0.153. The van der Waals surface area contributed by atoms with E-state index in [2.05, 4.69) is 18.4 Å². The number of benzene rings is 2. The molecule has 0 aliphatic heterocycles. The van der Waals surface area contributed by atoms with Crippen LogP contribution >= 0.6 is 19.4 Å². The summed E-state index contributed by atoms with van der Waals surface area (Å²) in [5, 5.41) is 0.593. The summed E-state index contributed by atoms with van der Waals surface area (Å²) in [6.07, 6.45) is 3.47. The molecule has 0 fully saturated rings. The topological polar surface area (TPSA) is 124 Å². The molecule has 1 heterocycles. The molecule has 10 heteroatoms. The van der Waals surface area contributed by atoms with Crippen molar-refractivity contribution in [2.45, 2.75) is 59.4 Å². The molecule has 212 valence electrons. The Morgan fingerprint density at radius 3 is 2.41 bits per heavy atom. The zero-order chi connectivity index (χ0) is 28.7. The Hall–Kier alpha value is -2.61. The standard InChI is InChI=1S/C29H38ClN2O6P/c1-5-7-19(2)16-25-27(22-11-8-20(3)24(30)18-22)28(29(31)33)26(17-21-9-12-23(37-4)13-10-21)32(25)14-6-15-38-39(34,35)36/h8-13,18-19H,5-7,14-17H2,1-4H3,(H2,31,33)(H2,34,35,36). The minimum absolute atomic E-state index is 0.133. The van der Waals surface area contributed by atoms with E-state index in [0.29, 0.717) is 42.3 Å². The number of hydrogen-bond acceptors (Lipinski definition) is 4. The van der Waals surface area contributed by atoms with Gasteiger partial charge in [-0.2, -0.15) is 0 Å². The molecular weight excluding hydrogens is 539 g/mol. The lowest BCUT2D eigenvalue weighted by Crippen LogP contribution is -2.16. The third kappa shape index (κ3) is 8.19. The van der Waals surface area contributed by atoms with Gasteiger partial charge in [-0.25, -0.2) is 4.57 Å². The number of carbonyl (C=O) groups excluding carboxylic acids is 1. The normalized spacial score (nSPS) is 12.5. The number of hydrogen-bond donors (Lipinski definition) is 3. The summed E-state index contributed by atoms with van der Waals surface area (Å²) in [5.74, 6) is 0.506. The van der Waals surface area contributed by atoms with Crippen LogP contribution in [0.5, 0.6) is 5.75 Å². The van der Waals surface area contributed by atoms with Gasteiger partial charge in [0.15, 0.2) is 0 Å². The van der Waals surface area contributed by atoms with Crippen LogP contribution in [-0.4, -0.2) is 34.0 Å². The van der Waals surface area contributed by atoms with E-state index in [9.17, 15) is 9.36 Å². The number of halogens is 1. The third-order valence-electron chi connectivity index (χ3n) is 6.83. The van der Waals surface area contributed by atoms with E-state index in [4.69, 9.17) is 36.4 Å². The van der Waals surface area contributed by atoms with Crippen LogP contribution in [-0.2, 0) is 28.5 Å². The monoisotopic (exact) mass is 576 g/mol. The van der Waals surface area contributed by atoms with Crippen LogP contribution in [0.2, 0.25) is 5.02 Å². The zero-order valence-corrected chi connectivity index (χ0v) is 24.6. The third-order valence-corrected chi connectivity index (χ3v) is 7.75. The van der Waals surface area contributed by atoms with Gasteiger partial charge in [0, 0.05) is 34.9 Å². The summed E-state index contributed by atoms with van der Waals surface area (Å²) < 4.78 is 23.4. The van der Waals surface area contributed by atoms with Gasteiger partial charge in [-0.05, 0) is 60.6 Å². The summed E-state index contributed by atoms with van der Waals surface area (Å²) in [4.78, 5) is 31.4. The van der Waals surface area contributed by atoms with E-state index in [1.165, 1.54) is 0 Å². The Kier molecular flexibility index (Phi) is 10.8. The summed E-state index contributed by atoms with van der Waals surface area (Å²) >= 11 is 6.53. The number of primary amides is 1. The first-order chi connectivity index (χ1) is 18.4. The fourth-order valence-electron chi connectivity index (χ4n) is 4.98. The Morgan fingerprint density at radius 2 is 1.85 bits per heavy atom. The fourth-order valence-corrected chi connectivity index (χ4v) is 5.53. The van der Waals surface area contributed by atoms with E-state index < -0.39 is 13.7 Å². The molecule has 0 saturated carbocycles. The number of nitrogens with zero attached hydrogens (tertiary/aromatic N) is 1. The van der Waals surface area contributed by atoms with Crippen LogP contribution < -0.4 is 10.5 Å². The summed E-state index contributed by atoms with van der Waals surface area (Å²) in [6.45, 7) is 6.49. The molecule has 1 atom stereocenters. The molecule has 0 aliphatic rings. The molecule has 0 spiro atoms. The number of aromatic nitrogens is 1. The van der Waals surface area contributed by atoms with Gasteiger partial charge in [-0.15, -0.1) is 0 Å². The number of carbonyl (C=O) groups is 1. The SMILES string of the molecule is CCCC(C)Cc1c(-c2ccc(C)c(Cl)c2)c(C(N)=O)c(Cc2ccc(OC)cc2)n1CCCOP(=O)(O)O. The molecule has 4 N–H and O–H groups in total. The van der Waals surface area contributed by atoms with Gasteiger partial charge in [0.1, 0.15) is 5.75 Å². The lowest BCUT2D eigenvalue weighted by Gasteiger charge is -2.18. The molecule has 3 aromatic rings. The first-order valence-corrected chi connectivity index (χ1v) is 15.0. The number of phosphoric ester groups is 1. The molecule has 0 bridgehead atoms. The van der Waals surface area contributed by atoms with Crippen LogP contribution in [0.4, 0.5) is 0 Å². The van der Waals surface area contributed by atoms with E-state index in [1.807, 2.05) is 49.4 Å². The minimum Gasteiger partial charge on any atom is -0.497 e. The molecule has 1 amide bonds. The van der Waals surface area contributed by atoms with Crippen LogP contribution in [0.3, 0.4) is 0 Å². The maximum Gasteiger partial charge on any atom is 0.469 e. The number of nitrogens with two attached hydrogens (primary N) is 1. The second-order valence-corrected chi connectivity index (χ2v) is 11.6. The van der Waals surface area contributed by atoms with Crippen molar-refractivity contribution in [1.29, 1.82) is 0 Å². The van der Waals surface area contributed by atoms with Crippen molar-refractivity contribution in [1.82, 2.24) is 4.57 Å². The van der Waals surface area contributed by atoms with Crippen molar-refractivity contribution in [2.24, 2.45) is 11.7 Å². The van der Waals surface area contributed by atoms with E-state index in [1.54, 1.807) is 7.11 Å². The number of methoxy groups -OCH3 is 1. The van der Waals surface area contributed by atoms with Crippen molar-refractivity contribution < 1.29 is 28.4 Å². The number of amides is 1. The molecule has 8 nitrogen and oxygen atoms in total. The van der Waals surface area contributed by atoms with Gasteiger partial charge in [-0.3, -0.25) is 9.32 Å². The number of phosphoric acid groups is 1. The van der Waals surface area contributed by atoms with Crippen molar-refractivity contribution in [2.75, 3.05) is 13.7 Å². The lowest BCUT2D eigenvalue weighted by molar-refractivity contribution is 0.1000. The molecule has 0 aliphatic carbocycles. The molecular formula is C29H38ClN2O6P. The molecule has 2 aromatic carbocycles. The van der Waals surface area contributed by atoms with E-state index in [-0.39, 0.29) is 6.61 Å². The van der Waals surface area contributed by atoms with Crippen LogP contribution in [0.1, 0.15) is 66.0 Å². The Labute approximate surface area is 235 Å². The highest BCUT2D eigenvalue weighted by molar-refractivity contribution is 7.46. The first-order valence-electron chi connectivity index (χ1n) is 13.1. The van der Waals surface area contributed by atoms with Gasteiger partial charge in [0.2, 0.25) is 0 Å². The number of rotatable bonds is 14. The molecule has 1 aromatic heterocycles. The minimum atomic E-state index is -4.59. The Bertz CT molecular complexity index is 1330. The second kappa shape index (κ2) is 13.6. The largest absolute Gasteiger partial charge is 0.497 e. The van der Waals surface area contributed by atoms with Crippen molar-refractivity contribution in [3.05, 3.63) is 75.6 Å². The van der Waals surface area contributed by atoms with Crippen LogP contribution in [0.15, 0.2) is 42.5 Å². The molecule has 3 rings (SSSR count). The molecule has 39 heavy (non-hydrogen) atoms.